The van der Waals surface area contributed by atoms with Crippen LogP contribution < -0.4 is 4.74 Å². The molecule has 5 rings (SSSR count). The van der Waals surface area contributed by atoms with Crippen LogP contribution in [-0.4, -0.2) is 29.3 Å². The van der Waals surface area contributed by atoms with Crippen LogP contribution in [0.4, 0.5) is 0 Å². The Morgan fingerprint density at radius 2 is 1.93 bits per heavy atom. The lowest BCUT2D eigenvalue weighted by molar-refractivity contribution is 0.0600. The highest BCUT2D eigenvalue weighted by atomic mass is 32.1. The predicted octanol–water partition coefficient (Wildman–Crippen LogP) is 5.07. The lowest BCUT2D eigenvalue weighted by atomic mass is 10.1. The monoisotopic (exact) mass is 394 g/mol. The van der Waals surface area contributed by atoms with Crippen LogP contribution in [0.2, 0.25) is 0 Å². The van der Waals surface area contributed by atoms with E-state index in [0.29, 0.717) is 11.3 Å². The second kappa shape index (κ2) is 6.41. The third-order valence-corrected chi connectivity index (χ3v) is 6.59. The van der Waals surface area contributed by atoms with E-state index in [0.717, 1.165) is 29.1 Å². The number of ether oxygens (including phenoxy) is 2. The summed E-state index contributed by atoms with van der Waals surface area (Å²) in [6.07, 6.45) is 2.63. The van der Waals surface area contributed by atoms with Crippen molar-refractivity contribution in [3.05, 3.63) is 41.3 Å². The molecule has 1 aliphatic carbocycles. The standard InChI is InChI=1S/C22H22N2O3S/c1-23-17(10-15-8-16(22(25)27-3)11-19(26-2)20(15)23)18-9-14-6-7-28-21(14)24(18)12-13-4-5-13/h6-11,13H,4-5,12H2,1-3H3. The third-order valence-electron chi connectivity index (χ3n) is 5.64. The van der Waals surface area contributed by atoms with Gasteiger partial charge in [0.25, 0.3) is 0 Å². The van der Waals surface area contributed by atoms with Gasteiger partial charge in [-0.25, -0.2) is 4.79 Å². The Labute approximate surface area is 167 Å². The maximum Gasteiger partial charge on any atom is 0.338 e. The summed E-state index contributed by atoms with van der Waals surface area (Å²) in [5.41, 5.74) is 3.82. The molecule has 1 fully saturated rings. The van der Waals surface area contributed by atoms with Crippen LogP contribution in [0.15, 0.2) is 35.7 Å². The summed E-state index contributed by atoms with van der Waals surface area (Å²) in [5, 5.41) is 4.42. The van der Waals surface area contributed by atoms with Crippen LogP contribution in [0.5, 0.6) is 5.75 Å². The van der Waals surface area contributed by atoms with E-state index in [2.05, 4.69) is 39.8 Å². The number of aryl methyl sites for hydroxylation is 1. The normalized spacial score (nSPS) is 14.1. The number of methoxy groups -OCH3 is 2. The number of esters is 1. The number of carbonyl (C=O) groups is 1. The molecule has 1 aliphatic rings. The van der Waals surface area contributed by atoms with E-state index in [4.69, 9.17) is 9.47 Å². The van der Waals surface area contributed by atoms with Gasteiger partial charge in [0.05, 0.1) is 36.7 Å². The van der Waals surface area contributed by atoms with Gasteiger partial charge in [-0.3, -0.25) is 0 Å². The fourth-order valence-electron chi connectivity index (χ4n) is 4.03. The minimum absolute atomic E-state index is 0.358. The zero-order valence-electron chi connectivity index (χ0n) is 16.2. The number of carbonyl (C=O) groups excluding carboxylic acids is 1. The molecule has 1 aromatic carbocycles. The van der Waals surface area contributed by atoms with Crippen molar-refractivity contribution in [3.63, 3.8) is 0 Å². The fourth-order valence-corrected chi connectivity index (χ4v) is 4.93. The summed E-state index contributed by atoms with van der Waals surface area (Å²) in [6.45, 7) is 1.06. The first-order valence-electron chi connectivity index (χ1n) is 9.43. The van der Waals surface area contributed by atoms with Crippen molar-refractivity contribution < 1.29 is 14.3 Å². The van der Waals surface area contributed by atoms with Crippen LogP contribution in [-0.2, 0) is 18.3 Å². The average Bonchev–Trinajstić information content (AvgIpc) is 3.15. The van der Waals surface area contributed by atoms with E-state index < -0.39 is 0 Å². The second-order valence-corrected chi connectivity index (χ2v) is 8.36. The smallest absolute Gasteiger partial charge is 0.338 e. The van der Waals surface area contributed by atoms with Gasteiger partial charge in [0.2, 0.25) is 0 Å². The molecule has 0 radical (unpaired) electrons. The molecular formula is C22H22N2O3S. The summed E-state index contributed by atoms with van der Waals surface area (Å²) in [5.74, 6) is 1.10. The van der Waals surface area contributed by atoms with Crippen molar-refractivity contribution in [1.82, 2.24) is 9.13 Å². The Morgan fingerprint density at radius 1 is 1.14 bits per heavy atom. The molecule has 144 valence electrons. The number of thiophene rings is 1. The summed E-state index contributed by atoms with van der Waals surface area (Å²) in [7, 11) is 5.09. The highest BCUT2D eigenvalue weighted by Crippen LogP contribution is 2.40. The molecule has 3 aromatic heterocycles. The number of fused-ring (bicyclic) bond motifs is 2. The number of nitrogens with zero attached hydrogens (tertiary/aromatic N) is 2. The van der Waals surface area contributed by atoms with E-state index in [1.165, 1.54) is 35.9 Å². The van der Waals surface area contributed by atoms with Gasteiger partial charge in [0.1, 0.15) is 10.6 Å². The fraction of sp³-hybridized carbons (Fsp3) is 0.318. The van der Waals surface area contributed by atoms with Gasteiger partial charge in [-0.15, -0.1) is 11.3 Å². The summed E-state index contributed by atoms with van der Waals surface area (Å²) < 4.78 is 15.1. The van der Waals surface area contributed by atoms with Crippen molar-refractivity contribution >= 4 is 38.4 Å². The van der Waals surface area contributed by atoms with Crippen molar-refractivity contribution in [1.29, 1.82) is 0 Å². The lowest BCUT2D eigenvalue weighted by Gasteiger charge is -2.12. The molecule has 0 aliphatic heterocycles. The Balaban J connectivity index is 1.73. The molecule has 0 atom stereocenters. The van der Waals surface area contributed by atoms with E-state index in [-0.39, 0.29) is 5.97 Å². The Morgan fingerprint density at radius 3 is 2.64 bits per heavy atom. The number of aromatic nitrogens is 2. The number of hydrogen-bond donors (Lipinski definition) is 0. The minimum Gasteiger partial charge on any atom is -0.495 e. The van der Waals surface area contributed by atoms with Crippen LogP contribution in [0.1, 0.15) is 23.2 Å². The molecule has 6 heteroatoms. The second-order valence-electron chi connectivity index (χ2n) is 7.46. The zero-order valence-corrected chi connectivity index (χ0v) is 17.0. The number of hydrogen-bond acceptors (Lipinski definition) is 4. The van der Waals surface area contributed by atoms with Crippen molar-refractivity contribution in [2.24, 2.45) is 13.0 Å². The molecule has 1 saturated carbocycles. The van der Waals surface area contributed by atoms with Crippen LogP contribution in [0.25, 0.3) is 32.5 Å². The van der Waals surface area contributed by atoms with Gasteiger partial charge in [-0.1, -0.05) is 0 Å². The van der Waals surface area contributed by atoms with Gasteiger partial charge < -0.3 is 18.6 Å². The van der Waals surface area contributed by atoms with Crippen molar-refractivity contribution in [2.75, 3.05) is 14.2 Å². The molecule has 0 bridgehead atoms. The molecule has 28 heavy (non-hydrogen) atoms. The highest BCUT2D eigenvalue weighted by Gasteiger charge is 2.26. The largest absolute Gasteiger partial charge is 0.495 e. The first-order valence-corrected chi connectivity index (χ1v) is 10.3. The van der Waals surface area contributed by atoms with Gasteiger partial charge in [-0.2, -0.15) is 0 Å². The van der Waals surface area contributed by atoms with Gasteiger partial charge in [0.15, 0.2) is 0 Å². The van der Waals surface area contributed by atoms with E-state index >= 15 is 0 Å². The maximum atomic E-state index is 12.1. The molecule has 0 saturated heterocycles. The number of rotatable bonds is 5. The van der Waals surface area contributed by atoms with Crippen LogP contribution >= 0.6 is 11.3 Å². The van der Waals surface area contributed by atoms with E-state index in [1.807, 2.05) is 6.07 Å². The SMILES string of the molecule is COC(=O)c1cc(OC)c2c(c1)cc(-c1cc3ccsc3n1CC1CC1)n2C. The molecule has 0 N–H and O–H groups in total. The minimum atomic E-state index is -0.358. The molecule has 5 nitrogen and oxygen atoms in total. The molecule has 3 heterocycles. The molecular weight excluding hydrogens is 372 g/mol. The summed E-state index contributed by atoms with van der Waals surface area (Å²) in [6, 6.07) is 10.2. The van der Waals surface area contributed by atoms with Crippen molar-refractivity contribution in [2.45, 2.75) is 19.4 Å². The van der Waals surface area contributed by atoms with Gasteiger partial charge in [0, 0.05) is 24.4 Å². The Bertz CT molecular complexity index is 1210. The average molecular weight is 394 g/mol. The Hall–Kier alpha value is -2.73. The molecule has 0 unspecified atom stereocenters. The predicted molar refractivity (Wildman–Crippen MR) is 112 cm³/mol. The number of benzene rings is 1. The topological polar surface area (TPSA) is 45.4 Å². The summed E-state index contributed by atoms with van der Waals surface area (Å²) >= 11 is 1.80. The van der Waals surface area contributed by atoms with E-state index in [9.17, 15) is 4.79 Å². The Kier molecular flexibility index (Phi) is 3.98. The van der Waals surface area contributed by atoms with Gasteiger partial charge in [-0.05, 0) is 54.5 Å². The first-order chi connectivity index (χ1) is 13.6. The van der Waals surface area contributed by atoms with E-state index in [1.54, 1.807) is 24.5 Å². The van der Waals surface area contributed by atoms with Crippen molar-refractivity contribution in [3.8, 4) is 17.1 Å². The zero-order chi connectivity index (χ0) is 19.4. The highest BCUT2D eigenvalue weighted by molar-refractivity contribution is 7.16. The molecule has 0 spiro atoms. The molecule has 0 amide bonds. The lowest BCUT2D eigenvalue weighted by Crippen LogP contribution is -2.04. The molecule has 4 aromatic rings. The summed E-state index contributed by atoms with van der Waals surface area (Å²) in [4.78, 5) is 13.4. The van der Waals surface area contributed by atoms with Gasteiger partial charge >= 0.3 is 5.97 Å². The third kappa shape index (κ3) is 2.63. The van der Waals surface area contributed by atoms with Crippen LogP contribution in [0, 0.1) is 5.92 Å². The first kappa shape index (κ1) is 17.4. The quantitative estimate of drug-likeness (QED) is 0.444. The maximum absolute atomic E-state index is 12.1. The van der Waals surface area contributed by atoms with Crippen LogP contribution in [0.3, 0.4) is 0 Å².